The summed E-state index contributed by atoms with van der Waals surface area (Å²) < 4.78 is 34.9. The number of amides is 2. The van der Waals surface area contributed by atoms with E-state index in [1.165, 1.54) is 0 Å². The number of alkyl halides is 2. The van der Waals surface area contributed by atoms with Crippen LogP contribution in [0.25, 0.3) is 11.1 Å². The van der Waals surface area contributed by atoms with E-state index < -0.39 is 23.0 Å². The molecule has 0 spiro atoms. The number of allylic oxidation sites excluding steroid dienone is 2. The van der Waals surface area contributed by atoms with Crippen molar-refractivity contribution in [2.75, 3.05) is 0 Å². The zero-order valence-electron chi connectivity index (χ0n) is 16.4. The van der Waals surface area contributed by atoms with Gasteiger partial charge < -0.3 is 0 Å². The Morgan fingerprint density at radius 2 is 1.39 bits per heavy atom. The van der Waals surface area contributed by atoms with Crippen molar-refractivity contribution in [3.63, 3.8) is 0 Å². The summed E-state index contributed by atoms with van der Waals surface area (Å²) in [6.07, 6.45) is 4.93. The highest BCUT2D eigenvalue weighted by Crippen LogP contribution is 2.54. The van der Waals surface area contributed by atoms with Gasteiger partial charge in [0, 0.05) is 5.92 Å². The van der Waals surface area contributed by atoms with E-state index in [1.54, 1.807) is 60.7 Å². The summed E-state index contributed by atoms with van der Waals surface area (Å²) in [5.41, 5.74) is 1.34. The number of fused-ring (bicyclic) bond motifs is 2. The van der Waals surface area contributed by atoms with Crippen LogP contribution < -0.4 is 0 Å². The molecule has 3 unspecified atom stereocenters. The van der Waals surface area contributed by atoms with Crippen LogP contribution in [0.2, 0.25) is 0 Å². The molecule has 31 heavy (non-hydrogen) atoms. The van der Waals surface area contributed by atoms with E-state index in [0.29, 0.717) is 22.6 Å². The fourth-order valence-electron chi connectivity index (χ4n) is 4.64. The molecule has 0 radical (unpaired) electrons. The molecule has 5 rings (SSSR count). The number of halogens is 2. The van der Waals surface area contributed by atoms with Crippen LogP contribution >= 0.6 is 12.0 Å². The van der Waals surface area contributed by atoms with E-state index in [0.717, 1.165) is 6.42 Å². The number of carbonyl (C=O) groups is 2. The van der Waals surface area contributed by atoms with E-state index in [2.05, 4.69) is 0 Å². The molecule has 2 aliphatic carbocycles. The SMILES string of the molecule is O=C1C(c2ccccc2)=C(c2ccccc2)C(=O)N1OSC(F)(F)C1CC2C=CC1C2. The van der Waals surface area contributed by atoms with Crippen molar-refractivity contribution in [2.45, 2.75) is 18.1 Å². The highest BCUT2D eigenvalue weighted by Gasteiger charge is 2.53. The van der Waals surface area contributed by atoms with Crippen LogP contribution in [0.4, 0.5) is 8.78 Å². The molecule has 0 N–H and O–H groups in total. The number of nitrogens with zero attached hydrogens (tertiary/aromatic N) is 1. The molecular weight excluding hydrogens is 420 g/mol. The van der Waals surface area contributed by atoms with Crippen LogP contribution in [0.1, 0.15) is 24.0 Å². The van der Waals surface area contributed by atoms with Crippen LogP contribution in [0.15, 0.2) is 72.8 Å². The lowest BCUT2D eigenvalue weighted by Crippen LogP contribution is -2.34. The van der Waals surface area contributed by atoms with Crippen molar-refractivity contribution in [2.24, 2.45) is 17.8 Å². The van der Waals surface area contributed by atoms with E-state index in [-0.39, 0.29) is 35.0 Å². The van der Waals surface area contributed by atoms with Crippen molar-refractivity contribution >= 4 is 35.0 Å². The predicted octanol–water partition coefficient (Wildman–Crippen LogP) is 5.35. The Morgan fingerprint density at radius 3 is 1.84 bits per heavy atom. The lowest BCUT2D eigenvalue weighted by Gasteiger charge is -2.27. The third kappa shape index (κ3) is 3.51. The molecule has 158 valence electrons. The minimum Gasteiger partial charge on any atom is -0.266 e. The van der Waals surface area contributed by atoms with Gasteiger partial charge in [0.1, 0.15) is 12.0 Å². The number of imide groups is 1. The minimum absolute atomic E-state index is 0.0948. The second-order valence-electron chi connectivity index (χ2n) is 7.99. The second kappa shape index (κ2) is 7.73. The maximum absolute atomic E-state index is 14.9. The fraction of sp³-hybridized carbons (Fsp3) is 0.250. The molecule has 4 nitrogen and oxygen atoms in total. The van der Waals surface area contributed by atoms with Crippen molar-refractivity contribution in [3.8, 4) is 0 Å². The van der Waals surface area contributed by atoms with Gasteiger partial charge in [-0.05, 0) is 35.8 Å². The van der Waals surface area contributed by atoms with Gasteiger partial charge in [-0.15, -0.1) is 5.06 Å². The predicted molar refractivity (Wildman–Crippen MR) is 114 cm³/mol. The molecule has 2 aromatic carbocycles. The standard InChI is InChI=1S/C24H19F2NO3S/c25-24(26,19-14-15-11-12-18(19)13-15)31-30-27-22(28)20(16-7-3-1-4-8-16)21(23(27)29)17-9-5-2-6-10-17/h1-12,15,18-19H,13-14H2. The molecule has 1 saturated carbocycles. The highest BCUT2D eigenvalue weighted by molar-refractivity contribution is 7.95. The topological polar surface area (TPSA) is 46.6 Å². The lowest BCUT2D eigenvalue weighted by atomic mass is 9.94. The summed E-state index contributed by atoms with van der Waals surface area (Å²) >= 11 is -0.0948. The van der Waals surface area contributed by atoms with Gasteiger partial charge in [0.15, 0.2) is 0 Å². The van der Waals surface area contributed by atoms with E-state index in [1.807, 2.05) is 12.2 Å². The Bertz CT molecular complexity index is 1020. The summed E-state index contributed by atoms with van der Waals surface area (Å²) in [4.78, 5) is 26.2. The first-order valence-electron chi connectivity index (χ1n) is 10.1. The molecule has 2 amide bonds. The number of carbonyl (C=O) groups excluding carboxylic acids is 2. The van der Waals surface area contributed by atoms with Gasteiger partial charge in [0.2, 0.25) is 0 Å². The van der Waals surface area contributed by atoms with Gasteiger partial charge in [0.25, 0.3) is 11.8 Å². The monoisotopic (exact) mass is 439 g/mol. The Hall–Kier alpha value is -2.77. The zero-order chi connectivity index (χ0) is 21.6. The van der Waals surface area contributed by atoms with E-state index >= 15 is 0 Å². The van der Waals surface area contributed by atoms with E-state index in [4.69, 9.17) is 4.28 Å². The third-order valence-electron chi connectivity index (χ3n) is 6.11. The normalized spacial score (nSPS) is 25.2. The van der Waals surface area contributed by atoms with Crippen molar-refractivity contribution in [1.82, 2.24) is 5.06 Å². The van der Waals surface area contributed by atoms with Gasteiger partial charge in [-0.1, -0.05) is 72.8 Å². The Labute approximate surface area is 182 Å². The molecule has 0 aromatic heterocycles. The average molecular weight is 439 g/mol. The smallest absolute Gasteiger partial charge is 0.266 e. The molecule has 7 heteroatoms. The summed E-state index contributed by atoms with van der Waals surface area (Å²) in [7, 11) is 0. The lowest BCUT2D eigenvalue weighted by molar-refractivity contribution is -0.160. The summed E-state index contributed by atoms with van der Waals surface area (Å²) in [6, 6.07) is 17.4. The van der Waals surface area contributed by atoms with Gasteiger partial charge in [0.05, 0.1) is 11.1 Å². The summed E-state index contributed by atoms with van der Waals surface area (Å²) in [6.45, 7) is 0. The first-order valence-corrected chi connectivity index (χ1v) is 10.9. The molecule has 0 saturated heterocycles. The summed E-state index contributed by atoms with van der Waals surface area (Å²) in [5, 5.41) is -2.75. The fourth-order valence-corrected chi connectivity index (χ4v) is 5.34. The first kappa shape index (κ1) is 20.2. The summed E-state index contributed by atoms with van der Waals surface area (Å²) in [5.74, 6) is -2.38. The van der Waals surface area contributed by atoms with Crippen LogP contribution in [0.5, 0.6) is 0 Å². The maximum atomic E-state index is 14.9. The van der Waals surface area contributed by atoms with Gasteiger partial charge >= 0.3 is 5.25 Å². The minimum atomic E-state index is -3.22. The Balaban J connectivity index is 1.42. The van der Waals surface area contributed by atoms with Crippen LogP contribution in [-0.2, 0) is 13.9 Å². The van der Waals surface area contributed by atoms with Crippen LogP contribution in [0.3, 0.4) is 0 Å². The first-order chi connectivity index (χ1) is 15.0. The molecule has 3 aliphatic rings. The largest absolute Gasteiger partial charge is 0.323 e. The van der Waals surface area contributed by atoms with Gasteiger partial charge in [-0.2, -0.15) is 13.1 Å². The number of rotatable bonds is 6. The highest BCUT2D eigenvalue weighted by atomic mass is 32.2. The second-order valence-corrected chi connectivity index (χ2v) is 8.85. The molecule has 1 aliphatic heterocycles. The molecule has 1 heterocycles. The Kier molecular flexibility index (Phi) is 5.02. The van der Waals surface area contributed by atoms with E-state index in [9.17, 15) is 18.4 Å². The van der Waals surface area contributed by atoms with Crippen molar-refractivity contribution in [1.29, 1.82) is 0 Å². The number of hydroxylamine groups is 2. The number of hydrogen-bond acceptors (Lipinski definition) is 4. The zero-order valence-corrected chi connectivity index (χ0v) is 17.2. The van der Waals surface area contributed by atoms with Gasteiger partial charge in [-0.3, -0.25) is 9.59 Å². The van der Waals surface area contributed by atoms with Gasteiger partial charge in [-0.25, -0.2) is 0 Å². The average Bonchev–Trinajstić information content (AvgIpc) is 3.48. The van der Waals surface area contributed by atoms with Crippen LogP contribution in [-0.4, -0.2) is 22.1 Å². The van der Waals surface area contributed by atoms with Crippen LogP contribution in [0, 0.1) is 17.8 Å². The maximum Gasteiger partial charge on any atom is 0.323 e. The third-order valence-corrected chi connectivity index (χ3v) is 6.85. The molecule has 2 bridgehead atoms. The number of hydrogen-bond donors (Lipinski definition) is 0. The number of benzene rings is 2. The molecular formula is C24H19F2NO3S. The van der Waals surface area contributed by atoms with Crippen molar-refractivity contribution in [3.05, 3.63) is 83.9 Å². The quantitative estimate of drug-likeness (QED) is 0.346. The molecule has 2 aromatic rings. The Morgan fingerprint density at radius 1 is 0.839 bits per heavy atom. The molecule has 3 atom stereocenters. The van der Waals surface area contributed by atoms with Crippen molar-refractivity contribution < 1.29 is 22.7 Å². The molecule has 1 fully saturated rings.